The molecular weight excluding hydrogens is 162 g/mol. The summed E-state index contributed by atoms with van der Waals surface area (Å²) < 4.78 is 4.93. The van der Waals surface area contributed by atoms with Gasteiger partial charge in [-0.05, 0) is 0 Å². The van der Waals surface area contributed by atoms with Crippen molar-refractivity contribution >= 4 is 17.7 Å². The first-order valence-corrected chi connectivity index (χ1v) is 4.44. The van der Waals surface area contributed by atoms with E-state index in [1.54, 1.807) is 11.8 Å². The molecule has 60 valence electrons. The minimum Gasteiger partial charge on any atom is -0.460 e. The van der Waals surface area contributed by atoms with Crippen LogP contribution in [0, 0.1) is 11.3 Å². The van der Waals surface area contributed by atoms with Gasteiger partial charge in [-0.1, -0.05) is 0 Å². The molecule has 0 aliphatic carbocycles. The lowest BCUT2D eigenvalue weighted by Crippen LogP contribution is -2.20. The quantitative estimate of drug-likeness (QED) is 0.468. The number of nitrogens with zero attached hydrogens (tertiary/aromatic N) is 1. The monoisotopic (exact) mass is 171 g/mol. The van der Waals surface area contributed by atoms with Crippen LogP contribution >= 0.6 is 11.8 Å². The Morgan fingerprint density at radius 1 is 2.00 bits per heavy atom. The van der Waals surface area contributed by atoms with Gasteiger partial charge in [0, 0.05) is 12.7 Å². The number of hydrogen-bond donors (Lipinski definition) is 0. The van der Waals surface area contributed by atoms with Crippen LogP contribution in [0.5, 0.6) is 0 Å². The molecule has 1 rings (SSSR count). The number of esters is 1. The Morgan fingerprint density at radius 2 is 2.64 bits per heavy atom. The highest BCUT2D eigenvalue weighted by molar-refractivity contribution is 8.06. The van der Waals surface area contributed by atoms with Gasteiger partial charge in [0.15, 0.2) is 0 Å². The first-order valence-electron chi connectivity index (χ1n) is 3.40. The van der Waals surface area contributed by atoms with Crippen molar-refractivity contribution in [2.75, 3.05) is 5.75 Å². The number of nitriles is 1. The standard InChI is InChI=1S/C7H9NO2S/c1-5(9)10-6(2-3-8)7-4-11-7/h6-7H,2,4H2,1H3/t6-,7+/m1/s1. The first-order chi connectivity index (χ1) is 5.24. The van der Waals surface area contributed by atoms with Gasteiger partial charge in [-0.15, -0.1) is 0 Å². The number of hydrogen-bond acceptors (Lipinski definition) is 4. The first kappa shape index (κ1) is 8.41. The van der Waals surface area contributed by atoms with Crippen molar-refractivity contribution < 1.29 is 9.53 Å². The summed E-state index contributed by atoms with van der Waals surface area (Å²) in [5, 5.41) is 8.75. The second-order valence-electron chi connectivity index (χ2n) is 2.38. The van der Waals surface area contributed by atoms with Gasteiger partial charge in [0.05, 0.1) is 17.7 Å². The topological polar surface area (TPSA) is 50.1 Å². The summed E-state index contributed by atoms with van der Waals surface area (Å²) in [6, 6.07) is 2.00. The molecule has 1 heterocycles. The van der Waals surface area contributed by atoms with Gasteiger partial charge in [-0.25, -0.2) is 0 Å². The van der Waals surface area contributed by atoms with Crippen LogP contribution in [0.1, 0.15) is 13.3 Å². The highest BCUT2D eigenvalue weighted by Crippen LogP contribution is 2.35. The molecule has 0 radical (unpaired) electrons. The molecule has 0 unspecified atom stereocenters. The fourth-order valence-corrected chi connectivity index (χ4v) is 1.51. The van der Waals surface area contributed by atoms with Crippen molar-refractivity contribution in [2.24, 2.45) is 0 Å². The van der Waals surface area contributed by atoms with Crippen LogP contribution in [-0.2, 0) is 9.53 Å². The van der Waals surface area contributed by atoms with Crippen molar-refractivity contribution in [1.82, 2.24) is 0 Å². The van der Waals surface area contributed by atoms with Crippen LogP contribution in [0.15, 0.2) is 0 Å². The maximum Gasteiger partial charge on any atom is 0.302 e. The van der Waals surface area contributed by atoms with Gasteiger partial charge in [0.2, 0.25) is 0 Å². The summed E-state index contributed by atoms with van der Waals surface area (Å²) in [5.74, 6) is 0.720. The molecule has 0 bridgehead atoms. The second-order valence-corrected chi connectivity index (χ2v) is 3.65. The second kappa shape index (κ2) is 3.63. The van der Waals surface area contributed by atoms with E-state index >= 15 is 0 Å². The maximum atomic E-state index is 10.5. The molecule has 0 saturated carbocycles. The molecule has 4 heteroatoms. The van der Waals surface area contributed by atoms with Crippen LogP contribution in [0.25, 0.3) is 0 Å². The molecule has 0 aromatic carbocycles. The Kier molecular flexibility index (Phi) is 2.77. The molecular formula is C7H9NO2S. The average molecular weight is 171 g/mol. The SMILES string of the molecule is CC(=O)O[C@H](CC#N)[C@@H]1CS1. The largest absolute Gasteiger partial charge is 0.460 e. The zero-order valence-electron chi connectivity index (χ0n) is 6.24. The normalized spacial score (nSPS) is 23.5. The number of ether oxygens (including phenoxy) is 1. The average Bonchev–Trinajstić information content (AvgIpc) is 2.66. The molecule has 0 aromatic rings. The van der Waals surface area contributed by atoms with Gasteiger partial charge in [-0.3, -0.25) is 4.79 Å². The van der Waals surface area contributed by atoms with Gasteiger partial charge < -0.3 is 4.74 Å². The third-order valence-electron chi connectivity index (χ3n) is 1.38. The van der Waals surface area contributed by atoms with Crippen molar-refractivity contribution in [2.45, 2.75) is 24.7 Å². The van der Waals surface area contributed by atoms with Crippen LogP contribution in [0.3, 0.4) is 0 Å². The van der Waals surface area contributed by atoms with Crippen molar-refractivity contribution in [1.29, 1.82) is 5.26 Å². The predicted octanol–water partition coefficient (Wildman–Crippen LogP) is 0.947. The molecule has 0 spiro atoms. The highest BCUT2D eigenvalue weighted by atomic mass is 32.2. The Balaban J connectivity index is 2.33. The van der Waals surface area contributed by atoms with Gasteiger partial charge in [-0.2, -0.15) is 17.0 Å². The smallest absolute Gasteiger partial charge is 0.302 e. The van der Waals surface area contributed by atoms with E-state index in [0.29, 0.717) is 11.7 Å². The van der Waals surface area contributed by atoms with Gasteiger partial charge in [0.1, 0.15) is 6.10 Å². The molecule has 3 nitrogen and oxygen atoms in total. The van der Waals surface area contributed by atoms with Crippen LogP contribution in [0.2, 0.25) is 0 Å². The summed E-state index contributed by atoms with van der Waals surface area (Å²) in [5.41, 5.74) is 0. The van der Waals surface area contributed by atoms with E-state index in [2.05, 4.69) is 0 Å². The summed E-state index contributed by atoms with van der Waals surface area (Å²) in [6.07, 6.45) is 0.138. The van der Waals surface area contributed by atoms with Crippen LogP contribution in [0.4, 0.5) is 0 Å². The third-order valence-corrected chi connectivity index (χ3v) is 2.41. The van der Waals surface area contributed by atoms with Gasteiger partial charge in [0.25, 0.3) is 0 Å². The summed E-state index contributed by atoms with van der Waals surface area (Å²) in [4.78, 5) is 10.5. The molecule has 2 atom stereocenters. The Morgan fingerprint density at radius 3 is 3.00 bits per heavy atom. The summed E-state index contributed by atoms with van der Waals surface area (Å²) in [7, 11) is 0. The molecule has 1 saturated heterocycles. The summed E-state index contributed by atoms with van der Waals surface area (Å²) >= 11 is 1.73. The van der Waals surface area contributed by atoms with E-state index in [9.17, 15) is 4.79 Å². The van der Waals surface area contributed by atoms with E-state index in [1.165, 1.54) is 6.92 Å². The lowest BCUT2D eigenvalue weighted by Gasteiger charge is -2.10. The van der Waals surface area contributed by atoms with E-state index in [1.807, 2.05) is 6.07 Å². The van der Waals surface area contributed by atoms with Crippen molar-refractivity contribution in [3.63, 3.8) is 0 Å². The lowest BCUT2D eigenvalue weighted by atomic mass is 10.2. The fourth-order valence-electron chi connectivity index (χ4n) is 0.822. The fraction of sp³-hybridized carbons (Fsp3) is 0.714. The van der Waals surface area contributed by atoms with E-state index in [4.69, 9.17) is 10.00 Å². The lowest BCUT2D eigenvalue weighted by molar-refractivity contribution is -0.145. The molecule has 11 heavy (non-hydrogen) atoms. The Labute approximate surface area is 69.7 Å². The van der Waals surface area contributed by atoms with Gasteiger partial charge >= 0.3 is 5.97 Å². The van der Waals surface area contributed by atoms with Crippen LogP contribution < -0.4 is 0 Å². The molecule has 0 N–H and O–H groups in total. The number of thioether (sulfide) groups is 1. The Bertz CT molecular complexity index is 195. The number of carbonyl (C=O) groups is 1. The number of carbonyl (C=O) groups excluding carboxylic acids is 1. The molecule has 1 aliphatic heterocycles. The highest BCUT2D eigenvalue weighted by Gasteiger charge is 2.34. The Hall–Kier alpha value is -0.690. The summed E-state index contributed by atoms with van der Waals surface area (Å²) in [6.45, 7) is 1.37. The zero-order valence-corrected chi connectivity index (χ0v) is 7.06. The minimum absolute atomic E-state index is 0.178. The number of rotatable bonds is 3. The van der Waals surface area contributed by atoms with E-state index < -0.39 is 0 Å². The van der Waals surface area contributed by atoms with Crippen molar-refractivity contribution in [3.05, 3.63) is 0 Å². The van der Waals surface area contributed by atoms with E-state index in [-0.39, 0.29) is 12.1 Å². The third kappa shape index (κ3) is 2.81. The molecule has 1 aliphatic rings. The minimum atomic E-state index is -0.294. The van der Waals surface area contributed by atoms with Crippen LogP contribution in [-0.4, -0.2) is 23.1 Å². The zero-order chi connectivity index (χ0) is 8.27. The molecule has 0 aromatic heterocycles. The van der Waals surface area contributed by atoms with Crippen molar-refractivity contribution in [3.8, 4) is 6.07 Å². The molecule has 1 fully saturated rings. The maximum absolute atomic E-state index is 10.5. The van der Waals surface area contributed by atoms with E-state index in [0.717, 1.165) is 5.75 Å². The predicted molar refractivity (Wildman–Crippen MR) is 42.0 cm³/mol. The molecule has 0 amide bonds.